The fourth-order valence-corrected chi connectivity index (χ4v) is 3.81. The maximum absolute atomic E-state index is 4.49. The lowest BCUT2D eigenvalue weighted by molar-refractivity contribution is 0.260. The number of rotatable bonds is 4. The van der Waals surface area contributed by atoms with Crippen LogP contribution >= 0.6 is 0 Å². The number of hydrogen-bond donors (Lipinski definition) is 1. The van der Waals surface area contributed by atoms with Gasteiger partial charge in [0.15, 0.2) is 5.96 Å². The summed E-state index contributed by atoms with van der Waals surface area (Å²) in [6, 6.07) is 10.5. The molecule has 2 aliphatic rings. The number of piperazine rings is 1. The predicted octanol–water partition coefficient (Wildman–Crippen LogP) is 1.24. The van der Waals surface area contributed by atoms with Crippen molar-refractivity contribution < 1.29 is 0 Å². The molecule has 2 aromatic rings. The van der Waals surface area contributed by atoms with Crippen molar-refractivity contribution >= 4 is 17.6 Å². The van der Waals surface area contributed by atoms with Gasteiger partial charge in [0.25, 0.3) is 0 Å². The number of anilines is 2. The second-order valence-electron chi connectivity index (χ2n) is 6.88. The van der Waals surface area contributed by atoms with Gasteiger partial charge in [0.2, 0.25) is 5.95 Å². The summed E-state index contributed by atoms with van der Waals surface area (Å²) in [6.07, 6.45) is 4.70. The van der Waals surface area contributed by atoms with Gasteiger partial charge in [0.05, 0.1) is 0 Å². The Morgan fingerprint density at radius 2 is 1.81 bits per heavy atom. The average Bonchev–Trinajstić information content (AvgIpc) is 3.16. The molecule has 0 atom stereocenters. The first-order valence-corrected chi connectivity index (χ1v) is 9.65. The summed E-state index contributed by atoms with van der Waals surface area (Å²) in [5, 5.41) is 3.54. The van der Waals surface area contributed by atoms with E-state index in [2.05, 4.69) is 59.2 Å². The monoisotopic (exact) mass is 365 g/mol. The van der Waals surface area contributed by atoms with Crippen LogP contribution in [-0.4, -0.2) is 73.7 Å². The quantitative estimate of drug-likeness (QED) is 0.650. The lowest BCUT2D eigenvalue weighted by Crippen LogP contribution is -2.50. The van der Waals surface area contributed by atoms with Gasteiger partial charge in [-0.2, -0.15) is 0 Å². The van der Waals surface area contributed by atoms with Gasteiger partial charge in [-0.15, -0.1) is 0 Å². The van der Waals surface area contributed by atoms with E-state index in [0.717, 1.165) is 64.1 Å². The smallest absolute Gasteiger partial charge is 0.225 e. The van der Waals surface area contributed by atoms with Crippen molar-refractivity contribution in [1.29, 1.82) is 0 Å². The number of aliphatic imine (C=N–C) groups is 1. The predicted molar refractivity (Wildman–Crippen MR) is 110 cm³/mol. The number of nitrogens with zero attached hydrogens (tertiary/aromatic N) is 6. The number of guanidine groups is 1. The van der Waals surface area contributed by atoms with E-state index >= 15 is 0 Å². The molecule has 1 fully saturated rings. The van der Waals surface area contributed by atoms with E-state index in [1.165, 1.54) is 11.3 Å². The first-order valence-electron chi connectivity index (χ1n) is 9.65. The molecule has 2 aliphatic heterocycles. The SMILES string of the molecule is CN=C(NCCN1CCN(c2ncccn2)CC1)N1CCc2ccccc21. The summed E-state index contributed by atoms with van der Waals surface area (Å²) < 4.78 is 0. The average molecular weight is 365 g/mol. The van der Waals surface area contributed by atoms with E-state index < -0.39 is 0 Å². The van der Waals surface area contributed by atoms with E-state index in [-0.39, 0.29) is 0 Å². The molecule has 7 nitrogen and oxygen atoms in total. The Balaban J connectivity index is 1.24. The van der Waals surface area contributed by atoms with Crippen LogP contribution in [0.5, 0.6) is 0 Å². The van der Waals surface area contributed by atoms with Crippen molar-refractivity contribution in [2.45, 2.75) is 6.42 Å². The number of nitrogens with one attached hydrogen (secondary N) is 1. The fraction of sp³-hybridized carbons (Fsp3) is 0.450. The highest BCUT2D eigenvalue weighted by atomic mass is 15.3. The van der Waals surface area contributed by atoms with Crippen molar-refractivity contribution in [3.05, 3.63) is 48.3 Å². The molecule has 142 valence electrons. The second kappa shape index (κ2) is 8.35. The molecule has 3 heterocycles. The van der Waals surface area contributed by atoms with E-state index in [9.17, 15) is 0 Å². The lowest BCUT2D eigenvalue weighted by Gasteiger charge is -2.34. The summed E-state index contributed by atoms with van der Waals surface area (Å²) in [4.78, 5) is 20.2. The Hall–Kier alpha value is -2.67. The van der Waals surface area contributed by atoms with Crippen LogP contribution in [0.4, 0.5) is 11.6 Å². The van der Waals surface area contributed by atoms with Crippen molar-refractivity contribution in [3.63, 3.8) is 0 Å². The molecule has 1 saturated heterocycles. The zero-order chi connectivity index (χ0) is 18.5. The third-order valence-electron chi connectivity index (χ3n) is 5.27. The molecule has 0 amide bonds. The number of para-hydroxylation sites is 1. The first-order chi connectivity index (χ1) is 13.3. The van der Waals surface area contributed by atoms with Crippen LogP contribution in [0.25, 0.3) is 0 Å². The third-order valence-corrected chi connectivity index (χ3v) is 5.27. The molecule has 0 radical (unpaired) electrons. The third kappa shape index (κ3) is 4.03. The van der Waals surface area contributed by atoms with Crippen molar-refractivity contribution in [2.24, 2.45) is 4.99 Å². The van der Waals surface area contributed by atoms with Gasteiger partial charge < -0.3 is 15.1 Å². The highest BCUT2D eigenvalue weighted by Crippen LogP contribution is 2.27. The van der Waals surface area contributed by atoms with E-state index in [4.69, 9.17) is 0 Å². The van der Waals surface area contributed by atoms with E-state index in [1.54, 1.807) is 12.4 Å². The van der Waals surface area contributed by atoms with Crippen LogP contribution in [0.1, 0.15) is 5.56 Å². The molecule has 27 heavy (non-hydrogen) atoms. The van der Waals surface area contributed by atoms with Crippen LogP contribution in [0, 0.1) is 0 Å². The van der Waals surface area contributed by atoms with Gasteiger partial charge in [-0.3, -0.25) is 9.89 Å². The fourth-order valence-electron chi connectivity index (χ4n) is 3.81. The molecule has 1 aromatic carbocycles. The minimum Gasteiger partial charge on any atom is -0.355 e. The van der Waals surface area contributed by atoms with Gasteiger partial charge in [-0.05, 0) is 24.1 Å². The van der Waals surface area contributed by atoms with Gasteiger partial charge in [0, 0.05) is 70.9 Å². The number of hydrogen-bond acceptors (Lipinski definition) is 5. The number of fused-ring (bicyclic) bond motifs is 1. The van der Waals surface area contributed by atoms with Crippen LogP contribution in [0.15, 0.2) is 47.7 Å². The summed E-state index contributed by atoms with van der Waals surface area (Å²) in [5.41, 5.74) is 2.68. The van der Waals surface area contributed by atoms with Gasteiger partial charge in [-0.1, -0.05) is 18.2 Å². The maximum Gasteiger partial charge on any atom is 0.225 e. The summed E-state index contributed by atoms with van der Waals surface area (Å²) in [5.74, 6) is 1.81. The zero-order valence-corrected chi connectivity index (χ0v) is 15.9. The largest absolute Gasteiger partial charge is 0.355 e. The molecule has 0 bridgehead atoms. The highest BCUT2D eigenvalue weighted by molar-refractivity contribution is 5.97. The Bertz CT molecular complexity index is 769. The summed E-state index contributed by atoms with van der Waals surface area (Å²) in [6.45, 7) is 6.91. The maximum atomic E-state index is 4.49. The summed E-state index contributed by atoms with van der Waals surface area (Å²) >= 11 is 0. The molecule has 7 heteroatoms. The Morgan fingerprint density at radius 1 is 1.04 bits per heavy atom. The number of aromatic nitrogens is 2. The Kier molecular flexibility index (Phi) is 5.48. The van der Waals surface area contributed by atoms with Crippen LogP contribution in [0.3, 0.4) is 0 Å². The number of benzene rings is 1. The molecule has 0 spiro atoms. The topological polar surface area (TPSA) is 59.9 Å². The molecule has 1 N–H and O–H groups in total. The molecule has 0 saturated carbocycles. The normalized spacial score (nSPS) is 17.9. The van der Waals surface area contributed by atoms with Crippen molar-refractivity contribution in [3.8, 4) is 0 Å². The van der Waals surface area contributed by atoms with Gasteiger partial charge >= 0.3 is 0 Å². The molecule has 0 unspecified atom stereocenters. The standard InChI is InChI=1S/C20H27N7/c1-21-19(27-11-7-17-5-2-3-6-18(17)27)24-10-12-25-13-15-26(16-14-25)20-22-8-4-9-23-20/h2-6,8-9H,7,10-16H2,1H3,(H,21,24). The molecular formula is C20H27N7. The lowest BCUT2D eigenvalue weighted by atomic mass is 10.2. The van der Waals surface area contributed by atoms with Crippen LogP contribution in [-0.2, 0) is 6.42 Å². The molecule has 1 aromatic heterocycles. The Morgan fingerprint density at radius 3 is 2.59 bits per heavy atom. The minimum atomic E-state index is 0.836. The van der Waals surface area contributed by atoms with Gasteiger partial charge in [0.1, 0.15) is 0 Å². The molecule has 0 aliphatic carbocycles. The molecular weight excluding hydrogens is 338 g/mol. The summed E-state index contributed by atoms with van der Waals surface area (Å²) in [7, 11) is 1.86. The highest BCUT2D eigenvalue weighted by Gasteiger charge is 2.23. The van der Waals surface area contributed by atoms with Crippen LogP contribution < -0.4 is 15.1 Å². The first kappa shape index (κ1) is 17.7. The van der Waals surface area contributed by atoms with E-state index in [1.807, 2.05) is 13.1 Å². The van der Waals surface area contributed by atoms with Crippen molar-refractivity contribution in [2.75, 3.05) is 62.7 Å². The molecule has 4 rings (SSSR count). The minimum absolute atomic E-state index is 0.836. The van der Waals surface area contributed by atoms with E-state index in [0.29, 0.717) is 0 Å². The van der Waals surface area contributed by atoms with Gasteiger partial charge in [-0.25, -0.2) is 9.97 Å². The Labute approximate surface area is 160 Å². The zero-order valence-electron chi connectivity index (χ0n) is 15.9. The van der Waals surface area contributed by atoms with Crippen molar-refractivity contribution in [1.82, 2.24) is 20.2 Å². The van der Waals surface area contributed by atoms with Crippen LogP contribution in [0.2, 0.25) is 0 Å². The second-order valence-corrected chi connectivity index (χ2v) is 6.88.